The van der Waals surface area contributed by atoms with Crippen LogP contribution in [-0.4, -0.2) is 20.2 Å². The molecule has 0 amide bonds. The number of benzene rings is 2. The van der Waals surface area contributed by atoms with Crippen LogP contribution in [0.5, 0.6) is 0 Å². The lowest BCUT2D eigenvalue weighted by Gasteiger charge is -2.09. The molecule has 0 aliphatic carbocycles. The molecule has 0 saturated heterocycles. The van der Waals surface area contributed by atoms with E-state index in [0.717, 1.165) is 17.7 Å². The van der Waals surface area contributed by atoms with Crippen molar-refractivity contribution in [3.05, 3.63) is 59.7 Å². The summed E-state index contributed by atoms with van der Waals surface area (Å²) in [6.07, 6.45) is -4.41. The number of tetrazole rings is 1. The molecule has 0 bridgehead atoms. The van der Waals surface area contributed by atoms with Crippen LogP contribution in [-0.2, 0) is 6.18 Å². The molecule has 1 aromatic heterocycles. The molecule has 22 heavy (non-hydrogen) atoms. The van der Waals surface area contributed by atoms with Crippen molar-refractivity contribution in [1.29, 1.82) is 0 Å². The molecule has 112 valence electrons. The van der Waals surface area contributed by atoms with Crippen molar-refractivity contribution in [1.82, 2.24) is 20.2 Å². The van der Waals surface area contributed by atoms with Crippen LogP contribution in [0.25, 0.3) is 17.1 Å². The van der Waals surface area contributed by atoms with Crippen LogP contribution in [0.2, 0.25) is 0 Å². The van der Waals surface area contributed by atoms with Crippen LogP contribution in [0.3, 0.4) is 0 Å². The van der Waals surface area contributed by atoms with Crippen LogP contribution in [0.15, 0.2) is 48.5 Å². The van der Waals surface area contributed by atoms with Gasteiger partial charge in [-0.25, -0.2) is 0 Å². The fourth-order valence-corrected chi connectivity index (χ4v) is 2.14. The maximum atomic E-state index is 12.8. The number of nitrogens with zero attached hydrogens (tertiary/aromatic N) is 4. The minimum atomic E-state index is -4.41. The number of aromatic nitrogens is 4. The Bertz CT molecular complexity index is 808. The third-order valence-electron chi connectivity index (χ3n) is 3.16. The van der Waals surface area contributed by atoms with Gasteiger partial charge in [0.2, 0.25) is 0 Å². The van der Waals surface area contributed by atoms with E-state index in [2.05, 4.69) is 15.5 Å². The van der Waals surface area contributed by atoms with Gasteiger partial charge < -0.3 is 0 Å². The van der Waals surface area contributed by atoms with E-state index in [-0.39, 0.29) is 5.82 Å². The van der Waals surface area contributed by atoms with Crippen molar-refractivity contribution in [3.8, 4) is 17.1 Å². The Morgan fingerprint density at radius 3 is 2.50 bits per heavy atom. The highest BCUT2D eigenvalue weighted by molar-refractivity contribution is 5.58. The minimum absolute atomic E-state index is 0.261. The van der Waals surface area contributed by atoms with Crippen molar-refractivity contribution >= 4 is 0 Å². The average Bonchev–Trinajstić information content (AvgIpc) is 2.96. The molecule has 3 rings (SSSR count). The van der Waals surface area contributed by atoms with Gasteiger partial charge >= 0.3 is 6.18 Å². The molecule has 0 radical (unpaired) electrons. The number of rotatable bonds is 2. The van der Waals surface area contributed by atoms with Crippen LogP contribution < -0.4 is 0 Å². The quantitative estimate of drug-likeness (QED) is 0.725. The summed E-state index contributed by atoms with van der Waals surface area (Å²) in [6.45, 7) is 1.91. The first-order chi connectivity index (χ1) is 10.4. The highest BCUT2D eigenvalue weighted by atomic mass is 19.4. The minimum Gasteiger partial charge on any atom is -0.193 e. The standard InChI is InChI=1S/C15H11F3N4/c1-10-4-2-7-13(8-10)22-14(19-20-21-22)11-5-3-6-12(9-11)15(16,17)18/h2-9H,1H3. The van der Waals surface area contributed by atoms with E-state index in [1.165, 1.54) is 10.7 Å². The maximum absolute atomic E-state index is 12.8. The van der Waals surface area contributed by atoms with Gasteiger partial charge in [0.25, 0.3) is 0 Å². The molecule has 0 saturated carbocycles. The van der Waals surface area contributed by atoms with Crippen LogP contribution in [0.4, 0.5) is 13.2 Å². The highest BCUT2D eigenvalue weighted by Crippen LogP contribution is 2.31. The van der Waals surface area contributed by atoms with E-state index >= 15 is 0 Å². The lowest BCUT2D eigenvalue weighted by molar-refractivity contribution is -0.137. The number of halogens is 3. The van der Waals surface area contributed by atoms with E-state index in [1.54, 1.807) is 12.1 Å². The van der Waals surface area contributed by atoms with Crippen LogP contribution in [0.1, 0.15) is 11.1 Å². The molecule has 0 aliphatic rings. The smallest absolute Gasteiger partial charge is 0.193 e. The van der Waals surface area contributed by atoms with E-state index in [1.807, 2.05) is 25.1 Å². The van der Waals surface area contributed by atoms with Gasteiger partial charge in [-0.05, 0) is 47.2 Å². The number of aryl methyl sites for hydroxylation is 1. The summed E-state index contributed by atoms with van der Waals surface area (Å²) in [5.74, 6) is 0.261. The number of hydrogen-bond acceptors (Lipinski definition) is 3. The predicted octanol–water partition coefficient (Wildman–Crippen LogP) is 3.66. The second-order valence-corrected chi connectivity index (χ2v) is 4.83. The SMILES string of the molecule is Cc1cccc(-n2nnnc2-c2cccc(C(F)(F)F)c2)c1. The van der Waals surface area contributed by atoms with Crippen molar-refractivity contribution in [2.24, 2.45) is 0 Å². The Morgan fingerprint density at radius 2 is 1.77 bits per heavy atom. The summed E-state index contributed by atoms with van der Waals surface area (Å²) in [7, 11) is 0. The summed E-state index contributed by atoms with van der Waals surface area (Å²) >= 11 is 0. The van der Waals surface area contributed by atoms with Crippen molar-refractivity contribution in [2.75, 3.05) is 0 Å². The Morgan fingerprint density at radius 1 is 1.00 bits per heavy atom. The monoisotopic (exact) mass is 304 g/mol. The largest absolute Gasteiger partial charge is 0.416 e. The van der Waals surface area contributed by atoms with Gasteiger partial charge in [-0.1, -0.05) is 24.3 Å². The summed E-state index contributed by atoms with van der Waals surface area (Å²) in [6, 6.07) is 12.3. The summed E-state index contributed by atoms with van der Waals surface area (Å²) in [5, 5.41) is 11.3. The van der Waals surface area contributed by atoms with E-state index < -0.39 is 11.7 Å². The first kappa shape index (κ1) is 14.2. The normalized spacial score (nSPS) is 11.6. The Labute approximate surface area is 124 Å². The van der Waals surface area contributed by atoms with Gasteiger partial charge in [-0.2, -0.15) is 17.9 Å². The van der Waals surface area contributed by atoms with E-state index in [9.17, 15) is 13.2 Å². The average molecular weight is 304 g/mol. The molecular formula is C15H11F3N4. The molecule has 0 aliphatic heterocycles. The van der Waals surface area contributed by atoms with Crippen molar-refractivity contribution < 1.29 is 13.2 Å². The van der Waals surface area contributed by atoms with Gasteiger partial charge in [-0.3, -0.25) is 0 Å². The fraction of sp³-hybridized carbons (Fsp3) is 0.133. The molecule has 0 atom stereocenters. The zero-order valence-corrected chi connectivity index (χ0v) is 11.5. The van der Waals surface area contributed by atoms with Crippen molar-refractivity contribution in [2.45, 2.75) is 13.1 Å². The molecule has 4 nitrogen and oxygen atoms in total. The summed E-state index contributed by atoms with van der Waals surface area (Å²) in [5.41, 5.74) is 1.27. The Balaban J connectivity index is 2.10. The lowest BCUT2D eigenvalue weighted by atomic mass is 10.1. The Kier molecular flexibility index (Phi) is 3.40. The van der Waals surface area contributed by atoms with E-state index in [0.29, 0.717) is 11.3 Å². The molecule has 0 unspecified atom stereocenters. The van der Waals surface area contributed by atoms with Gasteiger partial charge in [0, 0.05) is 5.56 Å². The molecule has 0 fully saturated rings. The zero-order valence-electron chi connectivity index (χ0n) is 11.5. The summed E-state index contributed by atoms with van der Waals surface area (Å²) < 4.78 is 39.9. The van der Waals surface area contributed by atoms with Crippen LogP contribution in [0, 0.1) is 6.92 Å². The van der Waals surface area contributed by atoms with Crippen LogP contribution >= 0.6 is 0 Å². The first-order valence-electron chi connectivity index (χ1n) is 6.48. The lowest BCUT2D eigenvalue weighted by Crippen LogP contribution is -2.05. The predicted molar refractivity (Wildman–Crippen MR) is 74.3 cm³/mol. The van der Waals surface area contributed by atoms with Gasteiger partial charge in [0.05, 0.1) is 11.3 Å². The highest BCUT2D eigenvalue weighted by Gasteiger charge is 2.30. The van der Waals surface area contributed by atoms with Crippen molar-refractivity contribution in [3.63, 3.8) is 0 Å². The summed E-state index contributed by atoms with van der Waals surface area (Å²) in [4.78, 5) is 0. The first-order valence-corrected chi connectivity index (χ1v) is 6.48. The maximum Gasteiger partial charge on any atom is 0.416 e. The molecule has 7 heteroatoms. The molecular weight excluding hydrogens is 293 g/mol. The second kappa shape index (κ2) is 5.25. The molecule has 3 aromatic rings. The third kappa shape index (κ3) is 2.69. The second-order valence-electron chi connectivity index (χ2n) is 4.83. The number of alkyl halides is 3. The van der Waals surface area contributed by atoms with E-state index in [4.69, 9.17) is 0 Å². The fourth-order valence-electron chi connectivity index (χ4n) is 2.14. The topological polar surface area (TPSA) is 43.6 Å². The van der Waals surface area contributed by atoms with Gasteiger partial charge in [0.1, 0.15) is 0 Å². The third-order valence-corrected chi connectivity index (χ3v) is 3.16. The Hall–Kier alpha value is -2.70. The molecule has 0 N–H and O–H groups in total. The molecule has 2 aromatic carbocycles. The van der Waals surface area contributed by atoms with Gasteiger partial charge in [-0.15, -0.1) is 5.10 Å². The number of hydrogen-bond donors (Lipinski definition) is 0. The molecule has 1 heterocycles. The zero-order chi connectivity index (χ0) is 15.7. The van der Waals surface area contributed by atoms with Gasteiger partial charge in [0.15, 0.2) is 5.82 Å². The molecule has 0 spiro atoms.